The summed E-state index contributed by atoms with van der Waals surface area (Å²) < 4.78 is 17.6. The van der Waals surface area contributed by atoms with Gasteiger partial charge in [0.2, 0.25) is 0 Å². The van der Waals surface area contributed by atoms with Crippen LogP contribution in [0.2, 0.25) is 0 Å². The molecule has 0 unspecified atom stereocenters. The van der Waals surface area contributed by atoms with Gasteiger partial charge < -0.3 is 9.63 Å². The fraction of sp³-hybridized carbons (Fsp3) is 0.222. The summed E-state index contributed by atoms with van der Waals surface area (Å²) in [5.74, 6) is -0.943. The molecule has 9 heteroatoms. The Morgan fingerprint density at radius 1 is 1.39 bits per heavy atom. The molecule has 1 aromatic rings. The lowest BCUT2D eigenvalue weighted by Crippen LogP contribution is -2.32. The quantitative estimate of drug-likeness (QED) is 0.328. The van der Waals surface area contributed by atoms with Crippen molar-refractivity contribution in [2.75, 3.05) is 0 Å². The Kier molecular flexibility index (Phi) is 5.54. The van der Waals surface area contributed by atoms with Crippen molar-refractivity contribution in [2.45, 2.75) is 12.5 Å². The predicted molar refractivity (Wildman–Crippen MR) is 71.4 cm³/mol. The maximum absolute atomic E-state index is 10.8. The van der Waals surface area contributed by atoms with Gasteiger partial charge in [-0.15, -0.1) is 0 Å². The molecular weight excluding hydrogens is 376 g/mol. The Hall–Kier alpha value is -0.670. The van der Waals surface area contributed by atoms with E-state index >= 15 is 0 Å². The van der Waals surface area contributed by atoms with Crippen LogP contribution in [0.3, 0.4) is 0 Å². The monoisotopic (exact) mass is 387 g/mol. The van der Waals surface area contributed by atoms with E-state index < -0.39 is 19.8 Å². The summed E-state index contributed by atoms with van der Waals surface area (Å²) in [6, 6.07) is 5.13. The molecule has 18 heavy (non-hydrogen) atoms. The number of rotatable bonds is 6. The number of hydrogen-bond acceptors (Lipinski definition) is 4. The van der Waals surface area contributed by atoms with Crippen LogP contribution in [-0.4, -0.2) is 26.9 Å². The number of phosphoric ester groups is 1. The maximum atomic E-state index is 10.8. The second-order valence-electron chi connectivity index (χ2n) is 3.43. The summed E-state index contributed by atoms with van der Waals surface area (Å²) in [4.78, 5) is 28.0. The van der Waals surface area contributed by atoms with Crippen LogP contribution in [0.15, 0.2) is 24.3 Å². The normalized spacial score (nSPS) is 13.1. The lowest BCUT2D eigenvalue weighted by molar-refractivity contribution is -0.138. The van der Waals surface area contributed by atoms with Crippen molar-refractivity contribution in [3.8, 4) is 5.75 Å². The van der Waals surface area contributed by atoms with Gasteiger partial charge >= 0.3 is 13.8 Å². The van der Waals surface area contributed by atoms with E-state index in [1.165, 1.54) is 12.1 Å². The highest BCUT2D eigenvalue weighted by molar-refractivity contribution is 14.1. The van der Waals surface area contributed by atoms with E-state index in [4.69, 9.17) is 14.9 Å². The van der Waals surface area contributed by atoms with Gasteiger partial charge in [-0.1, -0.05) is 12.1 Å². The molecule has 0 spiro atoms. The highest BCUT2D eigenvalue weighted by Crippen LogP contribution is 2.37. The zero-order valence-electron chi connectivity index (χ0n) is 8.99. The van der Waals surface area contributed by atoms with Crippen LogP contribution in [0, 0.1) is 0 Å². The number of benzene rings is 1. The minimum Gasteiger partial charge on any atom is -0.480 e. The molecule has 7 nitrogen and oxygen atoms in total. The van der Waals surface area contributed by atoms with E-state index in [0.717, 1.165) is 0 Å². The molecule has 0 radical (unpaired) electrons. The van der Waals surface area contributed by atoms with E-state index in [1.54, 1.807) is 35.0 Å². The first-order valence-corrected chi connectivity index (χ1v) is 7.36. The van der Waals surface area contributed by atoms with Gasteiger partial charge in [-0.2, -0.15) is 0 Å². The molecular formula is C9H11INO6P. The van der Waals surface area contributed by atoms with Gasteiger partial charge in [0.25, 0.3) is 0 Å². The Morgan fingerprint density at radius 3 is 2.33 bits per heavy atom. The van der Waals surface area contributed by atoms with Crippen molar-refractivity contribution in [3.05, 3.63) is 29.8 Å². The van der Waals surface area contributed by atoms with Gasteiger partial charge in [0, 0.05) is 22.9 Å². The van der Waals surface area contributed by atoms with E-state index in [-0.39, 0.29) is 12.2 Å². The van der Waals surface area contributed by atoms with Crippen molar-refractivity contribution in [1.29, 1.82) is 0 Å². The van der Waals surface area contributed by atoms with Crippen LogP contribution in [0.1, 0.15) is 5.56 Å². The minimum atomic E-state index is -4.56. The molecule has 0 heterocycles. The Balaban J connectivity index is 2.71. The zero-order valence-corrected chi connectivity index (χ0v) is 12.0. The van der Waals surface area contributed by atoms with E-state index in [9.17, 15) is 9.36 Å². The largest absolute Gasteiger partial charge is 0.524 e. The molecule has 1 rings (SSSR count). The predicted octanol–water partition coefficient (Wildman–Crippen LogP) is 1.09. The summed E-state index contributed by atoms with van der Waals surface area (Å²) in [5.41, 5.74) is 0.713. The van der Waals surface area contributed by atoms with Gasteiger partial charge in [0.1, 0.15) is 11.8 Å². The summed E-state index contributed by atoms with van der Waals surface area (Å²) in [6.45, 7) is 0. The van der Waals surface area contributed by atoms with E-state index in [2.05, 4.69) is 8.05 Å². The number of carboxylic acids is 1. The molecule has 1 aromatic carbocycles. The zero-order chi connectivity index (χ0) is 13.8. The first-order chi connectivity index (χ1) is 8.31. The van der Waals surface area contributed by atoms with E-state index in [0.29, 0.717) is 5.56 Å². The molecule has 1 atom stereocenters. The Morgan fingerprint density at radius 2 is 1.94 bits per heavy atom. The molecule has 100 valence electrons. The van der Waals surface area contributed by atoms with Crippen molar-refractivity contribution in [3.63, 3.8) is 0 Å². The highest BCUT2D eigenvalue weighted by Gasteiger charge is 2.17. The number of halogens is 1. The molecule has 0 amide bonds. The van der Waals surface area contributed by atoms with Gasteiger partial charge in [-0.25, -0.2) is 8.10 Å². The third kappa shape index (κ3) is 5.32. The number of carboxylic acid groups (broad SMARTS) is 1. The number of hydrogen-bond donors (Lipinski definition) is 4. The molecule has 0 saturated heterocycles. The maximum Gasteiger partial charge on any atom is 0.524 e. The molecule has 0 aliphatic rings. The van der Waals surface area contributed by atoms with Gasteiger partial charge in [-0.05, 0) is 24.1 Å². The second kappa shape index (κ2) is 6.48. The molecule has 0 aromatic heterocycles. The molecule has 0 saturated carbocycles. The smallest absolute Gasteiger partial charge is 0.480 e. The van der Waals surface area contributed by atoms with Crippen molar-refractivity contribution in [2.24, 2.45) is 0 Å². The first-order valence-electron chi connectivity index (χ1n) is 4.75. The minimum absolute atomic E-state index is 0.0291. The molecule has 0 aliphatic heterocycles. The van der Waals surface area contributed by atoms with Crippen LogP contribution < -0.4 is 8.05 Å². The average molecular weight is 387 g/mol. The number of aliphatic carboxylic acids is 1. The number of phosphoric acid groups is 1. The van der Waals surface area contributed by atoms with E-state index in [1.807, 2.05) is 0 Å². The lowest BCUT2D eigenvalue weighted by atomic mass is 10.1. The lowest BCUT2D eigenvalue weighted by Gasteiger charge is -2.11. The topological polar surface area (TPSA) is 116 Å². The third-order valence-corrected chi connectivity index (χ3v) is 3.22. The highest BCUT2D eigenvalue weighted by atomic mass is 127. The SMILES string of the molecule is O=C(O)[C@H](Cc1ccc(OP(=O)(O)O)cc1)NI. The number of nitrogens with one attached hydrogen (secondary N) is 1. The Bertz CT molecular complexity index is 459. The van der Waals surface area contributed by atoms with Gasteiger partial charge in [0.05, 0.1) is 0 Å². The van der Waals surface area contributed by atoms with Crippen LogP contribution in [-0.2, 0) is 15.8 Å². The van der Waals surface area contributed by atoms with Crippen LogP contribution in [0.25, 0.3) is 0 Å². The van der Waals surface area contributed by atoms with Crippen LogP contribution in [0.5, 0.6) is 5.75 Å². The molecule has 0 bridgehead atoms. The second-order valence-corrected chi connectivity index (χ2v) is 5.22. The summed E-state index contributed by atoms with van der Waals surface area (Å²) >= 11 is 1.76. The Labute approximate surface area is 117 Å². The first kappa shape index (κ1) is 15.4. The summed E-state index contributed by atoms with van der Waals surface area (Å²) in [7, 11) is -4.56. The van der Waals surface area contributed by atoms with Crippen molar-refractivity contribution >= 4 is 36.7 Å². The van der Waals surface area contributed by atoms with Crippen LogP contribution >= 0.6 is 30.7 Å². The van der Waals surface area contributed by atoms with Crippen LogP contribution in [0.4, 0.5) is 0 Å². The fourth-order valence-corrected chi connectivity index (χ4v) is 2.11. The number of carbonyl (C=O) groups is 1. The molecule has 0 fully saturated rings. The van der Waals surface area contributed by atoms with Gasteiger partial charge in [0.15, 0.2) is 0 Å². The standard InChI is InChI=1S/C9H11INO6P/c10-11-8(9(12)13)5-6-1-3-7(4-2-6)17-18(14,15)16/h1-4,8,11H,5H2,(H,12,13)(H2,14,15,16)/t8-/m0/s1. The van der Waals surface area contributed by atoms with Crippen molar-refractivity contribution in [1.82, 2.24) is 3.53 Å². The molecule has 4 N–H and O–H groups in total. The summed E-state index contributed by atoms with van der Waals surface area (Å²) in [6.07, 6.45) is 0.258. The summed E-state index contributed by atoms with van der Waals surface area (Å²) in [5, 5.41) is 8.85. The third-order valence-electron chi connectivity index (χ3n) is 2.02. The van der Waals surface area contributed by atoms with Crippen molar-refractivity contribution < 1.29 is 28.8 Å². The molecule has 0 aliphatic carbocycles. The fourth-order valence-electron chi connectivity index (χ4n) is 1.23. The van der Waals surface area contributed by atoms with Gasteiger partial charge in [-0.3, -0.25) is 14.6 Å². The average Bonchev–Trinajstić information content (AvgIpc) is 2.25.